The Morgan fingerprint density at radius 1 is 1.60 bits per heavy atom. The van der Waals surface area contributed by atoms with E-state index in [4.69, 9.17) is 11.8 Å². The summed E-state index contributed by atoms with van der Waals surface area (Å²) in [6.07, 6.45) is 6.55. The molecule has 0 bridgehead atoms. The van der Waals surface area contributed by atoms with Crippen LogP contribution in [0.25, 0.3) is 0 Å². The van der Waals surface area contributed by atoms with Crippen LogP contribution >= 0.6 is 0 Å². The van der Waals surface area contributed by atoms with Gasteiger partial charge in [0.15, 0.2) is 0 Å². The van der Waals surface area contributed by atoms with Crippen molar-refractivity contribution in [2.24, 2.45) is 0 Å². The molecule has 0 aliphatic carbocycles. The van der Waals surface area contributed by atoms with E-state index in [2.05, 4.69) is 32.3 Å². The van der Waals surface area contributed by atoms with Gasteiger partial charge in [-0.25, -0.2) is 0 Å². The molecule has 0 amide bonds. The Morgan fingerprint density at radius 2 is 2.20 bits per heavy atom. The predicted molar refractivity (Wildman–Crippen MR) is 39.4 cm³/mol. The fourth-order valence-corrected chi connectivity index (χ4v) is 0.847. The molecule has 0 aromatic rings. The summed E-state index contributed by atoms with van der Waals surface area (Å²) in [5.41, 5.74) is 1.38. The van der Waals surface area contributed by atoms with Gasteiger partial charge in [-0.1, -0.05) is 0 Å². The molecule has 0 aromatic carbocycles. The van der Waals surface area contributed by atoms with Crippen LogP contribution in [0.3, 0.4) is 0 Å². The third-order valence-corrected chi connectivity index (χ3v) is 1.38. The van der Waals surface area contributed by atoms with Crippen LogP contribution in [0.2, 0.25) is 0 Å². The Hall–Kier alpha value is -1.07. The van der Waals surface area contributed by atoms with E-state index in [1.54, 1.807) is 0 Å². The minimum absolute atomic E-state index is 1.16. The van der Waals surface area contributed by atoms with Crippen LogP contribution < -0.4 is 4.90 Å². The lowest BCUT2D eigenvalue weighted by Crippen LogP contribution is -3.01. The average molecular weight is 136 g/mol. The van der Waals surface area contributed by atoms with Crippen LogP contribution in [0.5, 0.6) is 0 Å². The monoisotopic (exact) mass is 136 g/mol. The standard InChI is InChI=1S/C7H11N.CN/c1-3-8-5-4-7(2)6-8;1-2/h4-6H,3H2,1-2H3;/q;-1/p+1. The van der Waals surface area contributed by atoms with Gasteiger partial charge in [-0.05, 0) is 19.9 Å². The van der Waals surface area contributed by atoms with Gasteiger partial charge in [-0.3, -0.25) is 4.90 Å². The Labute approximate surface area is 62.1 Å². The van der Waals surface area contributed by atoms with Gasteiger partial charge in [0.2, 0.25) is 0 Å². The molecule has 0 fully saturated rings. The SMILES string of the molecule is CC[NH+]1C=CC(C)=C1.[C-]#N. The molecular formula is C8H12N2. The van der Waals surface area contributed by atoms with E-state index in [1.165, 1.54) is 10.5 Å². The lowest BCUT2D eigenvalue weighted by molar-refractivity contribution is -0.785. The maximum Gasteiger partial charge on any atom is 0.102 e. The molecule has 54 valence electrons. The van der Waals surface area contributed by atoms with Gasteiger partial charge < -0.3 is 11.8 Å². The van der Waals surface area contributed by atoms with Crippen LogP contribution in [0.4, 0.5) is 0 Å². The van der Waals surface area contributed by atoms with Crippen molar-refractivity contribution in [1.82, 2.24) is 0 Å². The molecule has 2 heteroatoms. The fraction of sp³-hybridized carbons (Fsp3) is 0.375. The molecule has 1 aliphatic heterocycles. The maximum atomic E-state index is 6.25. The van der Waals surface area contributed by atoms with E-state index in [0.717, 1.165) is 6.54 Å². The summed E-state index contributed by atoms with van der Waals surface area (Å²) < 4.78 is 0. The van der Waals surface area contributed by atoms with Crippen LogP contribution in [-0.2, 0) is 0 Å². The second-order valence-corrected chi connectivity index (χ2v) is 2.15. The third-order valence-electron chi connectivity index (χ3n) is 1.38. The first-order valence-corrected chi connectivity index (χ1v) is 3.27. The second kappa shape index (κ2) is 4.78. The van der Waals surface area contributed by atoms with Crippen molar-refractivity contribution in [3.8, 4) is 0 Å². The van der Waals surface area contributed by atoms with E-state index < -0.39 is 0 Å². The quantitative estimate of drug-likeness (QED) is 0.520. The van der Waals surface area contributed by atoms with E-state index in [9.17, 15) is 0 Å². The smallest absolute Gasteiger partial charge is 0.102 e. The highest BCUT2D eigenvalue weighted by Gasteiger charge is 2.02. The number of nitrogens with one attached hydrogen (secondary N) is 1. The number of rotatable bonds is 1. The number of hydrogen-bond acceptors (Lipinski definition) is 1. The summed E-state index contributed by atoms with van der Waals surface area (Å²) in [6.45, 7) is 10.2. The zero-order valence-electron chi connectivity index (χ0n) is 6.39. The molecule has 1 rings (SSSR count). The van der Waals surface area contributed by atoms with Gasteiger partial charge in [0.25, 0.3) is 0 Å². The molecule has 1 heterocycles. The molecule has 0 spiro atoms. The summed E-state index contributed by atoms with van der Waals surface area (Å²) in [4.78, 5) is 1.45. The molecule has 10 heavy (non-hydrogen) atoms. The van der Waals surface area contributed by atoms with Gasteiger partial charge >= 0.3 is 0 Å². The number of nitrogens with zero attached hydrogens (tertiary/aromatic N) is 1. The van der Waals surface area contributed by atoms with Gasteiger partial charge in [-0.2, -0.15) is 0 Å². The third kappa shape index (κ3) is 2.47. The van der Waals surface area contributed by atoms with E-state index in [0.29, 0.717) is 0 Å². The summed E-state index contributed by atoms with van der Waals surface area (Å²) in [6, 6.07) is 0. The average Bonchev–Trinajstić information content (AvgIpc) is 2.40. The summed E-state index contributed by atoms with van der Waals surface area (Å²) in [7, 11) is 0. The lowest BCUT2D eigenvalue weighted by Gasteiger charge is -1.98. The highest BCUT2D eigenvalue weighted by molar-refractivity contribution is 5.14. The van der Waals surface area contributed by atoms with Crippen molar-refractivity contribution in [2.75, 3.05) is 6.54 Å². The van der Waals surface area contributed by atoms with Crippen molar-refractivity contribution in [3.05, 3.63) is 30.6 Å². The van der Waals surface area contributed by atoms with Crippen LogP contribution in [0, 0.1) is 11.8 Å². The predicted octanol–water partition coefficient (Wildman–Crippen LogP) is 0.419. The highest BCUT2D eigenvalue weighted by Crippen LogP contribution is 1.92. The summed E-state index contributed by atoms with van der Waals surface area (Å²) in [5.74, 6) is 0. The second-order valence-electron chi connectivity index (χ2n) is 2.15. The molecular weight excluding hydrogens is 124 g/mol. The van der Waals surface area contributed by atoms with Crippen LogP contribution in [-0.4, -0.2) is 6.54 Å². The van der Waals surface area contributed by atoms with Gasteiger partial charge in [0, 0.05) is 5.57 Å². The van der Waals surface area contributed by atoms with E-state index >= 15 is 0 Å². The molecule has 0 radical (unpaired) electrons. The first-order valence-electron chi connectivity index (χ1n) is 3.27. The van der Waals surface area contributed by atoms with Crippen LogP contribution in [0.1, 0.15) is 13.8 Å². The molecule has 0 saturated heterocycles. The summed E-state index contributed by atoms with van der Waals surface area (Å²) >= 11 is 0. The van der Waals surface area contributed by atoms with Crippen molar-refractivity contribution in [1.29, 1.82) is 5.26 Å². The minimum Gasteiger partial charge on any atom is -0.512 e. The van der Waals surface area contributed by atoms with Gasteiger partial charge in [-0.15, -0.1) is 0 Å². The zero-order chi connectivity index (χ0) is 7.98. The Morgan fingerprint density at radius 3 is 2.40 bits per heavy atom. The largest absolute Gasteiger partial charge is 0.512 e. The first kappa shape index (κ1) is 8.93. The van der Waals surface area contributed by atoms with E-state index in [-0.39, 0.29) is 0 Å². The first-order chi connectivity index (χ1) is 4.83. The topological polar surface area (TPSA) is 28.2 Å². The normalized spacial score (nSPS) is 21.2. The highest BCUT2D eigenvalue weighted by atomic mass is 15.1. The number of allylic oxidation sites excluding steroid dienone is 2. The molecule has 1 N–H and O–H groups in total. The van der Waals surface area contributed by atoms with Gasteiger partial charge in [0.1, 0.15) is 6.20 Å². The summed E-state index contributed by atoms with van der Waals surface area (Å²) in [5, 5.41) is 6.25. The molecule has 0 saturated carbocycles. The number of hydrogen-bond donors (Lipinski definition) is 1. The van der Waals surface area contributed by atoms with Gasteiger partial charge in [0.05, 0.1) is 12.7 Å². The minimum atomic E-state index is 1.16. The van der Waals surface area contributed by atoms with Crippen LogP contribution in [0.15, 0.2) is 24.0 Å². The molecule has 1 unspecified atom stereocenters. The fourth-order valence-electron chi connectivity index (χ4n) is 0.847. The Kier molecular flexibility index (Phi) is 4.26. The van der Waals surface area contributed by atoms with Crippen molar-refractivity contribution < 1.29 is 4.90 Å². The van der Waals surface area contributed by atoms with Crippen molar-refractivity contribution >= 4 is 0 Å². The van der Waals surface area contributed by atoms with E-state index in [1.807, 2.05) is 0 Å². The zero-order valence-corrected chi connectivity index (χ0v) is 6.39. The molecule has 0 aromatic heterocycles. The number of quaternary nitrogens is 1. The molecule has 2 nitrogen and oxygen atoms in total. The molecule has 1 atom stereocenters. The lowest BCUT2D eigenvalue weighted by atomic mass is 10.4. The Balaban J connectivity index is 0.000000371. The molecule has 1 aliphatic rings. The van der Waals surface area contributed by atoms with Crippen molar-refractivity contribution in [3.63, 3.8) is 0 Å². The van der Waals surface area contributed by atoms with Crippen molar-refractivity contribution in [2.45, 2.75) is 13.8 Å². The Bertz CT molecular complexity index is 165. The maximum absolute atomic E-state index is 6.25.